The van der Waals surface area contributed by atoms with Crippen LogP contribution in [0.1, 0.15) is 23.1 Å². The number of aryl methyl sites for hydroxylation is 1. The Morgan fingerprint density at radius 1 is 1.10 bits per heavy atom. The molecular formula is C22H25FN4O2. The standard InChI is InChI=1S/C22H25FN4O2/c1-25-9-8-24-22(25)21(29)18-6-3-7-19(23)20(18)27-12-10-26(11-13-27)15-16-4-2-5-17(28)14-16/h2-9,14,21,28-29H,10-13,15H2,1H3. The lowest BCUT2D eigenvalue weighted by Crippen LogP contribution is -2.46. The summed E-state index contributed by atoms with van der Waals surface area (Å²) in [6, 6.07) is 12.1. The van der Waals surface area contributed by atoms with Crippen molar-refractivity contribution in [1.82, 2.24) is 14.5 Å². The molecule has 6 nitrogen and oxygen atoms in total. The topological polar surface area (TPSA) is 64.8 Å². The third kappa shape index (κ3) is 4.11. The summed E-state index contributed by atoms with van der Waals surface area (Å²) >= 11 is 0. The number of aromatic hydroxyl groups is 1. The Balaban J connectivity index is 1.50. The van der Waals surface area contributed by atoms with E-state index in [1.165, 1.54) is 6.07 Å². The minimum Gasteiger partial charge on any atom is -0.508 e. The van der Waals surface area contributed by atoms with E-state index in [1.807, 2.05) is 24.1 Å². The zero-order valence-electron chi connectivity index (χ0n) is 16.4. The lowest BCUT2D eigenvalue weighted by atomic mass is 10.0. The number of hydrogen-bond acceptors (Lipinski definition) is 5. The van der Waals surface area contributed by atoms with Crippen LogP contribution in [0.2, 0.25) is 0 Å². The summed E-state index contributed by atoms with van der Waals surface area (Å²) in [7, 11) is 1.81. The number of benzene rings is 2. The second-order valence-corrected chi connectivity index (χ2v) is 7.41. The molecule has 2 heterocycles. The van der Waals surface area contributed by atoms with Crippen LogP contribution in [-0.2, 0) is 13.6 Å². The first-order chi connectivity index (χ1) is 14.0. The van der Waals surface area contributed by atoms with E-state index < -0.39 is 6.10 Å². The van der Waals surface area contributed by atoms with Gasteiger partial charge in [-0.3, -0.25) is 4.90 Å². The zero-order chi connectivity index (χ0) is 20.4. The molecule has 3 aromatic rings. The number of rotatable bonds is 5. The molecule has 1 aromatic heterocycles. The predicted molar refractivity (Wildman–Crippen MR) is 109 cm³/mol. The van der Waals surface area contributed by atoms with Crippen LogP contribution in [0.3, 0.4) is 0 Å². The Bertz CT molecular complexity index is 982. The van der Waals surface area contributed by atoms with Crippen LogP contribution in [0.15, 0.2) is 54.9 Å². The van der Waals surface area contributed by atoms with E-state index >= 15 is 0 Å². The minimum absolute atomic E-state index is 0.264. The molecule has 1 aliphatic rings. The number of anilines is 1. The van der Waals surface area contributed by atoms with Crippen molar-refractivity contribution in [1.29, 1.82) is 0 Å². The number of phenolic OH excluding ortho intramolecular Hbond substituents is 1. The van der Waals surface area contributed by atoms with Crippen molar-refractivity contribution in [2.24, 2.45) is 7.05 Å². The van der Waals surface area contributed by atoms with E-state index in [0.29, 0.717) is 30.2 Å². The molecule has 1 saturated heterocycles. The van der Waals surface area contributed by atoms with Crippen LogP contribution >= 0.6 is 0 Å². The highest BCUT2D eigenvalue weighted by atomic mass is 19.1. The summed E-state index contributed by atoms with van der Waals surface area (Å²) in [5.74, 6) is 0.414. The Hall–Kier alpha value is -2.90. The molecule has 29 heavy (non-hydrogen) atoms. The molecule has 1 unspecified atom stereocenters. The van der Waals surface area contributed by atoms with Gasteiger partial charge in [-0.05, 0) is 23.8 Å². The number of aromatic nitrogens is 2. The molecule has 1 fully saturated rings. The molecule has 4 rings (SSSR count). The quantitative estimate of drug-likeness (QED) is 0.694. The summed E-state index contributed by atoms with van der Waals surface area (Å²) in [5.41, 5.74) is 2.02. The van der Waals surface area contributed by atoms with Gasteiger partial charge in [0.25, 0.3) is 0 Å². The Morgan fingerprint density at radius 2 is 1.86 bits per heavy atom. The van der Waals surface area contributed by atoms with Crippen molar-refractivity contribution in [2.45, 2.75) is 12.6 Å². The third-order valence-corrected chi connectivity index (χ3v) is 5.42. The summed E-state index contributed by atoms with van der Waals surface area (Å²) < 4.78 is 16.5. The maximum atomic E-state index is 14.8. The Kier molecular flexibility index (Phi) is 5.51. The van der Waals surface area contributed by atoms with E-state index in [9.17, 15) is 14.6 Å². The fourth-order valence-corrected chi connectivity index (χ4v) is 3.91. The number of halogens is 1. The van der Waals surface area contributed by atoms with Gasteiger partial charge < -0.3 is 19.7 Å². The second-order valence-electron chi connectivity index (χ2n) is 7.41. The lowest BCUT2D eigenvalue weighted by Gasteiger charge is -2.37. The highest BCUT2D eigenvalue weighted by Gasteiger charge is 2.26. The van der Waals surface area contributed by atoms with Crippen molar-refractivity contribution in [2.75, 3.05) is 31.1 Å². The number of piperazine rings is 1. The molecule has 1 atom stereocenters. The third-order valence-electron chi connectivity index (χ3n) is 5.42. The van der Waals surface area contributed by atoms with E-state index in [2.05, 4.69) is 9.88 Å². The van der Waals surface area contributed by atoms with Gasteiger partial charge in [0.05, 0.1) is 5.69 Å². The van der Waals surface area contributed by atoms with E-state index in [4.69, 9.17) is 0 Å². The number of nitrogens with zero attached hydrogens (tertiary/aromatic N) is 4. The van der Waals surface area contributed by atoms with Crippen molar-refractivity contribution in [3.8, 4) is 5.75 Å². The van der Waals surface area contributed by atoms with Crippen LogP contribution < -0.4 is 4.90 Å². The minimum atomic E-state index is -0.994. The first-order valence-electron chi connectivity index (χ1n) is 9.72. The summed E-state index contributed by atoms with van der Waals surface area (Å²) in [5, 5.41) is 20.5. The maximum Gasteiger partial charge on any atom is 0.146 e. The second kappa shape index (κ2) is 8.23. The summed E-state index contributed by atoms with van der Waals surface area (Å²) in [6.07, 6.45) is 2.39. The number of hydrogen-bond donors (Lipinski definition) is 2. The van der Waals surface area contributed by atoms with E-state index in [-0.39, 0.29) is 11.6 Å². The van der Waals surface area contributed by atoms with Crippen molar-refractivity contribution < 1.29 is 14.6 Å². The highest BCUT2D eigenvalue weighted by molar-refractivity contribution is 5.57. The number of para-hydroxylation sites is 1. The number of aliphatic hydroxyl groups excluding tert-OH is 1. The molecule has 1 aliphatic heterocycles. The molecular weight excluding hydrogens is 371 g/mol. The Labute approximate surface area is 169 Å². The monoisotopic (exact) mass is 396 g/mol. The average Bonchev–Trinajstić information content (AvgIpc) is 3.14. The number of aliphatic hydroxyl groups is 1. The van der Waals surface area contributed by atoms with Crippen LogP contribution in [-0.4, -0.2) is 50.8 Å². The van der Waals surface area contributed by atoms with Crippen LogP contribution in [0, 0.1) is 5.82 Å². The summed E-state index contributed by atoms with van der Waals surface area (Å²) in [6.45, 7) is 3.58. The van der Waals surface area contributed by atoms with Gasteiger partial charge in [0.2, 0.25) is 0 Å². The van der Waals surface area contributed by atoms with Gasteiger partial charge in [-0.15, -0.1) is 0 Å². The zero-order valence-corrected chi connectivity index (χ0v) is 16.4. The first-order valence-corrected chi connectivity index (χ1v) is 9.72. The molecule has 0 radical (unpaired) electrons. The van der Waals surface area contributed by atoms with Crippen molar-refractivity contribution in [3.63, 3.8) is 0 Å². The fourth-order valence-electron chi connectivity index (χ4n) is 3.91. The molecule has 0 saturated carbocycles. The van der Waals surface area contributed by atoms with Gasteiger partial charge in [0, 0.05) is 57.7 Å². The van der Waals surface area contributed by atoms with Gasteiger partial charge >= 0.3 is 0 Å². The van der Waals surface area contributed by atoms with Crippen molar-refractivity contribution >= 4 is 5.69 Å². The smallest absolute Gasteiger partial charge is 0.146 e. The molecule has 0 amide bonds. The van der Waals surface area contributed by atoms with E-state index in [0.717, 1.165) is 25.2 Å². The largest absolute Gasteiger partial charge is 0.508 e. The molecule has 0 bridgehead atoms. The lowest BCUT2D eigenvalue weighted by molar-refractivity contribution is 0.205. The number of imidazole rings is 1. The van der Waals surface area contributed by atoms with Crippen LogP contribution in [0.4, 0.5) is 10.1 Å². The Morgan fingerprint density at radius 3 is 2.55 bits per heavy atom. The van der Waals surface area contributed by atoms with Gasteiger partial charge in [-0.25, -0.2) is 9.37 Å². The van der Waals surface area contributed by atoms with Gasteiger partial charge in [0.1, 0.15) is 23.5 Å². The highest BCUT2D eigenvalue weighted by Crippen LogP contribution is 2.33. The number of phenols is 1. The molecule has 2 N–H and O–H groups in total. The van der Waals surface area contributed by atoms with Gasteiger partial charge in [-0.2, -0.15) is 0 Å². The van der Waals surface area contributed by atoms with E-state index in [1.54, 1.807) is 41.2 Å². The summed E-state index contributed by atoms with van der Waals surface area (Å²) in [4.78, 5) is 8.49. The molecule has 0 aliphatic carbocycles. The molecule has 152 valence electrons. The predicted octanol–water partition coefficient (Wildman–Crippen LogP) is 2.67. The molecule has 2 aromatic carbocycles. The first kappa shape index (κ1) is 19.4. The van der Waals surface area contributed by atoms with Crippen LogP contribution in [0.5, 0.6) is 5.75 Å². The SMILES string of the molecule is Cn1ccnc1C(O)c1cccc(F)c1N1CCN(Cc2cccc(O)c2)CC1. The van der Waals surface area contributed by atoms with Gasteiger partial charge in [-0.1, -0.05) is 24.3 Å². The van der Waals surface area contributed by atoms with Gasteiger partial charge in [0.15, 0.2) is 0 Å². The maximum absolute atomic E-state index is 14.8. The van der Waals surface area contributed by atoms with Crippen molar-refractivity contribution in [3.05, 3.63) is 77.6 Å². The fraction of sp³-hybridized carbons (Fsp3) is 0.318. The molecule has 0 spiro atoms. The normalized spacial score (nSPS) is 16.2. The molecule has 7 heteroatoms. The average molecular weight is 396 g/mol. The van der Waals surface area contributed by atoms with Crippen LogP contribution in [0.25, 0.3) is 0 Å².